The van der Waals surface area contributed by atoms with Crippen LogP contribution in [0, 0.1) is 0 Å². The summed E-state index contributed by atoms with van der Waals surface area (Å²) in [6.07, 6.45) is 2.91. The van der Waals surface area contributed by atoms with Gasteiger partial charge in [-0.3, -0.25) is 0 Å². The molecule has 0 amide bonds. The van der Waals surface area contributed by atoms with Gasteiger partial charge in [0, 0.05) is 17.1 Å². The van der Waals surface area contributed by atoms with Crippen molar-refractivity contribution in [3.8, 4) is 5.75 Å². The molecule has 3 rings (SSSR count). The minimum Gasteiger partial charge on any atom is -0.489 e. The molecule has 0 aliphatic rings. The van der Waals surface area contributed by atoms with Crippen LogP contribution in [-0.2, 0) is 16.9 Å². The van der Waals surface area contributed by atoms with Crippen molar-refractivity contribution < 1.29 is 9.53 Å². The average molecular weight is 293 g/mol. The standard InChI is InChI=1S/C19H19NO2/c1-19(2,14-21)20-11-10-16-12-17(8-9-18(16)20)22-13-15-6-4-3-5-7-15/h3-12,14H,13H2,1-2H3. The summed E-state index contributed by atoms with van der Waals surface area (Å²) in [6.45, 7) is 4.35. The van der Waals surface area contributed by atoms with E-state index in [4.69, 9.17) is 4.74 Å². The first-order valence-corrected chi connectivity index (χ1v) is 7.35. The Morgan fingerprint density at radius 1 is 1.09 bits per heavy atom. The summed E-state index contributed by atoms with van der Waals surface area (Å²) in [6, 6.07) is 18.1. The van der Waals surface area contributed by atoms with Crippen LogP contribution in [0.3, 0.4) is 0 Å². The van der Waals surface area contributed by atoms with Gasteiger partial charge in [-0.15, -0.1) is 0 Å². The van der Waals surface area contributed by atoms with E-state index in [9.17, 15) is 4.79 Å². The van der Waals surface area contributed by atoms with Crippen LogP contribution in [-0.4, -0.2) is 10.9 Å². The van der Waals surface area contributed by atoms with Gasteiger partial charge in [0.25, 0.3) is 0 Å². The maximum atomic E-state index is 11.2. The summed E-state index contributed by atoms with van der Waals surface area (Å²) < 4.78 is 7.83. The van der Waals surface area contributed by atoms with Crippen LogP contribution in [0.2, 0.25) is 0 Å². The third-order valence-corrected chi connectivity index (χ3v) is 3.82. The Hall–Kier alpha value is -2.55. The smallest absolute Gasteiger partial charge is 0.145 e. The molecule has 0 saturated heterocycles. The van der Waals surface area contributed by atoms with Gasteiger partial charge in [0.15, 0.2) is 0 Å². The van der Waals surface area contributed by atoms with Crippen molar-refractivity contribution in [2.75, 3.05) is 0 Å². The number of nitrogens with zero attached hydrogens (tertiary/aromatic N) is 1. The number of carbonyl (C=O) groups excluding carboxylic acids is 1. The van der Waals surface area contributed by atoms with Crippen LogP contribution in [0.25, 0.3) is 10.9 Å². The van der Waals surface area contributed by atoms with Crippen LogP contribution >= 0.6 is 0 Å². The van der Waals surface area contributed by atoms with Crippen LogP contribution in [0.5, 0.6) is 5.75 Å². The lowest BCUT2D eigenvalue weighted by Crippen LogP contribution is -2.26. The van der Waals surface area contributed by atoms with E-state index in [0.29, 0.717) is 6.61 Å². The predicted octanol–water partition coefficient (Wildman–Crippen LogP) is 4.15. The van der Waals surface area contributed by atoms with Gasteiger partial charge in [-0.05, 0) is 43.7 Å². The number of aldehydes is 1. The summed E-state index contributed by atoms with van der Waals surface area (Å²) in [5.74, 6) is 0.831. The number of carbonyl (C=O) groups is 1. The van der Waals surface area contributed by atoms with E-state index in [2.05, 4.69) is 0 Å². The molecule has 112 valence electrons. The number of aromatic nitrogens is 1. The summed E-state index contributed by atoms with van der Waals surface area (Å²) >= 11 is 0. The largest absolute Gasteiger partial charge is 0.489 e. The number of ether oxygens (including phenoxy) is 1. The van der Waals surface area contributed by atoms with Crippen molar-refractivity contribution in [2.24, 2.45) is 0 Å². The van der Waals surface area contributed by atoms with Crippen LogP contribution in [0.15, 0.2) is 60.8 Å². The van der Waals surface area contributed by atoms with E-state index >= 15 is 0 Å². The molecule has 0 atom stereocenters. The molecule has 0 unspecified atom stereocenters. The molecule has 0 aliphatic carbocycles. The fourth-order valence-corrected chi connectivity index (χ4v) is 2.51. The maximum absolute atomic E-state index is 11.2. The highest BCUT2D eigenvalue weighted by atomic mass is 16.5. The minimum atomic E-state index is -0.547. The zero-order valence-electron chi connectivity index (χ0n) is 12.8. The molecule has 22 heavy (non-hydrogen) atoms. The third kappa shape index (κ3) is 2.75. The summed E-state index contributed by atoms with van der Waals surface area (Å²) in [4.78, 5) is 11.2. The molecular formula is C19H19NO2. The number of fused-ring (bicyclic) bond motifs is 1. The normalized spacial score (nSPS) is 11.5. The zero-order valence-corrected chi connectivity index (χ0v) is 12.8. The second-order valence-corrected chi connectivity index (χ2v) is 5.95. The summed E-state index contributed by atoms with van der Waals surface area (Å²) in [5.41, 5.74) is 1.63. The molecule has 1 aromatic heterocycles. The summed E-state index contributed by atoms with van der Waals surface area (Å²) in [5, 5.41) is 1.07. The SMILES string of the molecule is CC(C)(C=O)n1ccc2cc(OCc3ccccc3)ccc21. The van der Waals surface area contributed by atoms with E-state index in [1.807, 2.05) is 79.2 Å². The molecule has 0 bridgehead atoms. The Kier molecular flexibility index (Phi) is 3.72. The van der Waals surface area contributed by atoms with Gasteiger partial charge < -0.3 is 14.1 Å². The quantitative estimate of drug-likeness (QED) is 0.662. The highest BCUT2D eigenvalue weighted by Crippen LogP contribution is 2.26. The minimum absolute atomic E-state index is 0.547. The Labute approximate surface area is 130 Å². The Balaban J connectivity index is 1.84. The number of hydrogen-bond donors (Lipinski definition) is 0. The second kappa shape index (κ2) is 5.68. The highest BCUT2D eigenvalue weighted by Gasteiger charge is 2.20. The maximum Gasteiger partial charge on any atom is 0.145 e. The van der Waals surface area contributed by atoms with Gasteiger partial charge >= 0.3 is 0 Å². The Morgan fingerprint density at radius 3 is 2.59 bits per heavy atom. The lowest BCUT2D eigenvalue weighted by molar-refractivity contribution is -0.113. The van der Waals surface area contributed by atoms with Crippen molar-refractivity contribution in [1.82, 2.24) is 4.57 Å². The molecule has 3 aromatic rings. The summed E-state index contributed by atoms with van der Waals surface area (Å²) in [7, 11) is 0. The van der Waals surface area contributed by atoms with Gasteiger partial charge in [0.2, 0.25) is 0 Å². The number of hydrogen-bond acceptors (Lipinski definition) is 2. The molecule has 0 fully saturated rings. The molecule has 3 nitrogen and oxygen atoms in total. The van der Waals surface area contributed by atoms with Gasteiger partial charge in [-0.2, -0.15) is 0 Å². The van der Waals surface area contributed by atoms with Crippen molar-refractivity contribution in [1.29, 1.82) is 0 Å². The van der Waals surface area contributed by atoms with Crippen molar-refractivity contribution in [3.63, 3.8) is 0 Å². The van der Waals surface area contributed by atoms with Gasteiger partial charge in [0.05, 0.1) is 5.54 Å². The first kappa shape index (κ1) is 14.4. The van der Waals surface area contributed by atoms with Crippen LogP contribution in [0.4, 0.5) is 0 Å². The third-order valence-electron chi connectivity index (χ3n) is 3.82. The van der Waals surface area contributed by atoms with Crippen molar-refractivity contribution in [3.05, 3.63) is 66.4 Å². The van der Waals surface area contributed by atoms with Gasteiger partial charge in [-0.1, -0.05) is 30.3 Å². The van der Waals surface area contributed by atoms with Crippen molar-refractivity contribution >= 4 is 17.2 Å². The van der Waals surface area contributed by atoms with Crippen molar-refractivity contribution in [2.45, 2.75) is 26.0 Å². The molecule has 0 radical (unpaired) electrons. The van der Waals surface area contributed by atoms with E-state index in [1.165, 1.54) is 0 Å². The highest BCUT2D eigenvalue weighted by molar-refractivity contribution is 5.83. The fourth-order valence-electron chi connectivity index (χ4n) is 2.51. The Bertz CT molecular complexity index is 788. The van der Waals surface area contributed by atoms with Crippen LogP contribution in [0.1, 0.15) is 19.4 Å². The van der Waals surface area contributed by atoms with E-state index in [1.54, 1.807) is 0 Å². The second-order valence-electron chi connectivity index (χ2n) is 5.95. The first-order chi connectivity index (χ1) is 10.6. The molecule has 2 aromatic carbocycles. The number of benzene rings is 2. The van der Waals surface area contributed by atoms with E-state index < -0.39 is 5.54 Å². The molecular weight excluding hydrogens is 274 g/mol. The van der Waals surface area contributed by atoms with E-state index in [-0.39, 0.29) is 0 Å². The van der Waals surface area contributed by atoms with Crippen LogP contribution < -0.4 is 4.74 Å². The molecule has 0 aliphatic heterocycles. The lowest BCUT2D eigenvalue weighted by atomic mass is 10.1. The van der Waals surface area contributed by atoms with Gasteiger partial charge in [0.1, 0.15) is 18.6 Å². The molecule has 0 spiro atoms. The fraction of sp³-hybridized carbons (Fsp3) is 0.211. The molecule has 1 heterocycles. The zero-order chi connectivity index (χ0) is 15.6. The predicted molar refractivity (Wildman–Crippen MR) is 88.1 cm³/mol. The Morgan fingerprint density at radius 2 is 1.86 bits per heavy atom. The van der Waals surface area contributed by atoms with Gasteiger partial charge in [-0.25, -0.2) is 0 Å². The molecule has 3 heteroatoms. The molecule has 0 saturated carbocycles. The first-order valence-electron chi connectivity index (χ1n) is 7.35. The average Bonchev–Trinajstić information content (AvgIpc) is 2.98. The number of rotatable bonds is 5. The molecule has 0 N–H and O–H groups in total. The van der Waals surface area contributed by atoms with E-state index in [0.717, 1.165) is 28.5 Å². The lowest BCUT2D eigenvalue weighted by Gasteiger charge is -2.21. The topological polar surface area (TPSA) is 31.2 Å². The monoisotopic (exact) mass is 293 g/mol.